The van der Waals surface area contributed by atoms with Crippen LogP contribution in [0.15, 0.2) is 97.1 Å². The van der Waals surface area contributed by atoms with E-state index in [-0.39, 0.29) is 50.0 Å². The van der Waals surface area contributed by atoms with Crippen LogP contribution in [-0.2, 0) is 43.3 Å². The van der Waals surface area contributed by atoms with Crippen molar-refractivity contribution in [2.45, 2.75) is 201 Å². The average molecular weight is 925 g/mol. The Kier molecular flexibility index (Phi) is 9.85. The molecule has 3 aliphatic carbocycles. The maximum absolute atomic E-state index is 2.77. The second-order valence-electron chi connectivity index (χ2n) is 28.5. The minimum absolute atomic E-state index is 0.0197. The van der Waals surface area contributed by atoms with Crippen molar-refractivity contribution in [2.75, 3.05) is 9.80 Å². The molecule has 2 aliphatic heterocycles. The van der Waals surface area contributed by atoms with Crippen LogP contribution in [0.2, 0.25) is 0 Å². The Balaban J connectivity index is 1.30. The number of nitrogens with zero attached hydrogens (tertiary/aromatic N) is 2. The topological polar surface area (TPSA) is 6.48 Å². The van der Waals surface area contributed by atoms with Gasteiger partial charge in [-0.25, -0.2) is 0 Å². The Bertz CT molecular complexity index is 3200. The zero-order valence-electron chi connectivity index (χ0n) is 46.5. The van der Waals surface area contributed by atoms with Crippen molar-refractivity contribution in [3.63, 3.8) is 0 Å². The molecule has 0 N–H and O–H groups in total. The van der Waals surface area contributed by atoms with Gasteiger partial charge in [-0.05, 0) is 191 Å². The van der Waals surface area contributed by atoms with E-state index in [4.69, 9.17) is 0 Å². The highest BCUT2D eigenvalue weighted by Gasteiger charge is 2.51. The molecule has 0 saturated heterocycles. The Labute approximate surface area is 423 Å². The molecule has 0 fully saturated rings. The van der Waals surface area contributed by atoms with Gasteiger partial charge in [0.25, 0.3) is 6.71 Å². The lowest BCUT2D eigenvalue weighted by Crippen LogP contribution is -2.62. The summed E-state index contributed by atoms with van der Waals surface area (Å²) in [6.45, 7) is 46.7. The minimum Gasteiger partial charge on any atom is -0.311 e. The van der Waals surface area contributed by atoms with Gasteiger partial charge >= 0.3 is 0 Å². The van der Waals surface area contributed by atoms with Gasteiger partial charge in [-0.15, -0.1) is 0 Å². The van der Waals surface area contributed by atoms with E-state index in [9.17, 15) is 0 Å². The van der Waals surface area contributed by atoms with Gasteiger partial charge in [0.05, 0.1) is 0 Å². The highest BCUT2D eigenvalue weighted by molar-refractivity contribution is 7.00. The summed E-state index contributed by atoms with van der Waals surface area (Å²) in [5, 5.41) is 0. The lowest BCUT2D eigenvalue weighted by atomic mass is 9.33. The summed E-state index contributed by atoms with van der Waals surface area (Å²) < 4.78 is 0. The Morgan fingerprint density at radius 1 is 0.414 bits per heavy atom. The lowest BCUT2D eigenvalue weighted by molar-refractivity contribution is 0.332. The predicted molar refractivity (Wildman–Crippen MR) is 304 cm³/mol. The van der Waals surface area contributed by atoms with Gasteiger partial charge in [-0.1, -0.05) is 178 Å². The first-order chi connectivity index (χ1) is 32.4. The Hall–Kier alpha value is -5.02. The first-order valence-electron chi connectivity index (χ1n) is 26.9. The smallest absolute Gasteiger partial charge is 0.252 e. The highest BCUT2D eigenvalue weighted by atomic mass is 15.2. The van der Waals surface area contributed by atoms with Crippen molar-refractivity contribution < 1.29 is 0 Å². The molecular formula is C67H81BN2. The van der Waals surface area contributed by atoms with Crippen LogP contribution in [0.4, 0.5) is 34.1 Å². The molecule has 2 nitrogen and oxygen atoms in total. The van der Waals surface area contributed by atoms with Crippen LogP contribution in [-0.4, -0.2) is 6.71 Å². The molecule has 11 rings (SSSR count). The molecule has 0 radical (unpaired) electrons. The second kappa shape index (κ2) is 14.6. The van der Waals surface area contributed by atoms with Crippen LogP contribution < -0.4 is 26.2 Å². The molecule has 3 heteroatoms. The second-order valence-corrected chi connectivity index (χ2v) is 28.5. The van der Waals surface area contributed by atoms with Crippen molar-refractivity contribution in [3.8, 4) is 0 Å². The average Bonchev–Trinajstić information content (AvgIpc) is 3.58. The summed E-state index contributed by atoms with van der Waals surface area (Å²) in [6.07, 6.45) is 4.65. The zero-order chi connectivity index (χ0) is 50.4. The first-order valence-corrected chi connectivity index (χ1v) is 26.9. The SMILES string of the molecule is Cc1cc2c(cc1N1c3ccc(C(C)(C)c4ccccc4)cc3B3c4cc5c(cc4N(c4ccc6c(c4C)C(C)(C)CC6(C)C)c4cc(C(C)(C)C)cc1c43)C(C)(C)CC5(C)C)C(C)(C)CCC2(C)C. The predicted octanol–water partition coefficient (Wildman–Crippen LogP) is 16.3. The van der Waals surface area contributed by atoms with Crippen LogP contribution >= 0.6 is 0 Å². The van der Waals surface area contributed by atoms with E-state index >= 15 is 0 Å². The number of hydrogen-bond donors (Lipinski definition) is 0. The molecule has 6 aromatic rings. The van der Waals surface area contributed by atoms with E-state index in [1.54, 1.807) is 0 Å². The fourth-order valence-corrected chi connectivity index (χ4v) is 15.4. The molecule has 0 bridgehead atoms. The molecule has 0 saturated carbocycles. The standard InChI is InChI=1S/C67H81BN2/c1-40-31-46-48(62(8,9)30-29-61(46,6)7)36-54(40)70-53-27-25-43(67(18,19)42-23-21-20-22-24-42)32-50(53)68-51-35-47-49(65(14,15)38-64(47,12)13)37-55(51)69(56-33-44(60(3,4)5)34-57(70)59(56)68)52-28-26-45-58(41(52)2)66(16,17)39-63(45,10)11/h20-28,31-37H,29-30,38-39H2,1-19H3. The van der Waals surface area contributed by atoms with E-state index in [0.717, 1.165) is 12.8 Å². The number of benzene rings is 6. The number of aryl methyl sites for hydroxylation is 1. The number of anilines is 6. The molecule has 0 aromatic heterocycles. The molecule has 5 aliphatic rings. The van der Waals surface area contributed by atoms with E-state index in [2.05, 4.69) is 238 Å². The van der Waals surface area contributed by atoms with Crippen molar-refractivity contribution >= 4 is 57.2 Å². The molecule has 70 heavy (non-hydrogen) atoms. The maximum atomic E-state index is 2.77. The summed E-state index contributed by atoms with van der Waals surface area (Å²) in [6, 6.07) is 39.6. The van der Waals surface area contributed by atoms with Crippen LogP contribution in [0, 0.1) is 13.8 Å². The van der Waals surface area contributed by atoms with Crippen LogP contribution in [0.25, 0.3) is 0 Å². The summed E-state index contributed by atoms with van der Waals surface area (Å²) in [4.78, 5) is 5.50. The maximum Gasteiger partial charge on any atom is 0.252 e. The summed E-state index contributed by atoms with van der Waals surface area (Å²) in [5.41, 5.74) is 28.2. The van der Waals surface area contributed by atoms with Crippen molar-refractivity contribution in [1.29, 1.82) is 0 Å². The first kappa shape index (κ1) is 47.3. The number of fused-ring (bicyclic) bond motifs is 7. The van der Waals surface area contributed by atoms with E-state index in [0.29, 0.717) is 0 Å². The largest absolute Gasteiger partial charge is 0.311 e. The lowest BCUT2D eigenvalue weighted by Gasteiger charge is -2.47. The van der Waals surface area contributed by atoms with Crippen molar-refractivity contribution in [3.05, 3.63) is 158 Å². The summed E-state index contributed by atoms with van der Waals surface area (Å²) >= 11 is 0. The van der Waals surface area contributed by atoms with Gasteiger partial charge in [-0.3, -0.25) is 0 Å². The third-order valence-electron chi connectivity index (χ3n) is 19.0. The van der Waals surface area contributed by atoms with Gasteiger partial charge < -0.3 is 9.80 Å². The monoisotopic (exact) mass is 925 g/mol. The quantitative estimate of drug-likeness (QED) is 0.162. The number of rotatable bonds is 4. The van der Waals surface area contributed by atoms with Crippen LogP contribution in [0.1, 0.15) is 205 Å². The Morgan fingerprint density at radius 2 is 0.914 bits per heavy atom. The molecule has 0 amide bonds. The van der Waals surface area contributed by atoms with Gasteiger partial charge in [0, 0.05) is 39.5 Å². The third-order valence-corrected chi connectivity index (χ3v) is 19.0. The summed E-state index contributed by atoms with van der Waals surface area (Å²) in [5.74, 6) is 0. The molecule has 0 atom stereocenters. The molecule has 362 valence electrons. The highest BCUT2D eigenvalue weighted by Crippen LogP contribution is 2.57. The van der Waals surface area contributed by atoms with E-state index in [1.807, 2.05) is 0 Å². The molecular weight excluding hydrogens is 844 g/mol. The fourth-order valence-electron chi connectivity index (χ4n) is 15.4. The van der Waals surface area contributed by atoms with Crippen LogP contribution in [0.5, 0.6) is 0 Å². The third kappa shape index (κ3) is 6.70. The Morgan fingerprint density at radius 3 is 1.53 bits per heavy atom. The normalized spacial score (nSPS) is 20.3. The van der Waals surface area contributed by atoms with Crippen LogP contribution in [0.3, 0.4) is 0 Å². The number of hydrogen-bond acceptors (Lipinski definition) is 2. The van der Waals surface area contributed by atoms with Gasteiger partial charge in [0.2, 0.25) is 0 Å². The van der Waals surface area contributed by atoms with Gasteiger partial charge in [0.15, 0.2) is 0 Å². The molecule has 0 spiro atoms. The van der Waals surface area contributed by atoms with Gasteiger partial charge in [-0.2, -0.15) is 0 Å². The zero-order valence-corrected chi connectivity index (χ0v) is 46.5. The molecule has 2 heterocycles. The molecule has 0 unspecified atom stereocenters. The minimum atomic E-state index is -0.215. The molecule has 6 aromatic carbocycles. The van der Waals surface area contributed by atoms with Crippen molar-refractivity contribution in [2.24, 2.45) is 0 Å². The van der Waals surface area contributed by atoms with Crippen molar-refractivity contribution in [1.82, 2.24) is 0 Å². The fraction of sp³-hybridized carbons (Fsp3) is 0.463. The van der Waals surface area contributed by atoms with E-state index in [1.165, 1.54) is 125 Å². The summed E-state index contributed by atoms with van der Waals surface area (Å²) in [7, 11) is 0. The van der Waals surface area contributed by atoms with E-state index < -0.39 is 0 Å². The van der Waals surface area contributed by atoms with Gasteiger partial charge in [0.1, 0.15) is 0 Å².